The fourth-order valence-electron chi connectivity index (χ4n) is 2.79. The molecule has 0 unspecified atom stereocenters. The molecule has 0 saturated heterocycles. The molecule has 0 amide bonds. The van der Waals surface area contributed by atoms with Crippen LogP contribution in [0.4, 0.5) is 0 Å². The molecule has 1 atom stereocenters. The largest absolute Gasteiger partial charge is 0.507 e. The van der Waals surface area contributed by atoms with E-state index in [1.807, 2.05) is 50.2 Å². The van der Waals surface area contributed by atoms with Gasteiger partial charge < -0.3 is 10.2 Å². The molecule has 2 rings (SSSR count). The van der Waals surface area contributed by atoms with E-state index in [1.165, 1.54) is 0 Å². The van der Waals surface area contributed by atoms with Crippen molar-refractivity contribution >= 4 is 6.21 Å². The molecule has 0 aliphatic heterocycles. The number of rotatable bonds is 6. The van der Waals surface area contributed by atoms with Gasteiger partial charge in [-0.15, -0.1) is 0 Å². The molecule has 0 saturated carbocycles. The van der Waals surface area contributed by atoms with Gasteiger partial charge in [0.05, 0.1) is 12.6 Å². The summed E-state index contributed by atoms with van der Waals surface area (Å²) >= 11 is 0. The van der Waals surface area contributed by atoms with Crippen LogP contribution in [-0.4, -0.2) is 29.1 Å². The number of nitrogens with zero attached hydrogens (tertiary/aromatic N) is 1. The van der Waals surface area contributed by atoms with Gasteiger partial charge in [0.15, 0.2) is 0 Å². The van der Waals surface area contributed by atoms with Crippen LogP contribution in [0.3, 0.4) is 0 Å². The van der Waals surface area contributed by atoms with Gasteiger partial charge in [0.1, 0.15) is 5.75 Å². The van der Waals surface area contributed by atoms with Gasteiger partial charge in [0.2, 0.25) is 0 Å². The maximum Gasteiger partial charge on any atom is 0.128 e. The number of benzene rings is 2. The van der Waals surface area contributed by atoms with Crippen LogP contribution in [0.2, 0.25) is 0 Å². The highest BCUT2D eigenvalue weighted by molar-refractivity contribution is 5.84. The Balaban J connectivity index is 2.40. The molecule has 128 valence electrons. The highest BCUT2D eigenvalue weighted by atomic mass is 16.3. The van der Waals surface area contributed by atoms with E-state index in [9.17, 15) is 10.2 Å². The van der Waals surface area contributed by atoms with Gasteiger partial charge in [-0.05, 0) is 17.5 Å². The van der Waals surface area contributed by atoms with Gasteiger partial charge in [-0.1, -0.05) is 70.2 Å². The second kappa shape index (κ2) is 7.63. The Kier molecular flexibility index (Phi) is 5.79. The van der Waals surface area contributed by atoms with Crippen LogP contribution in [-0.2, 0) is 5.41 Å². The number of phenols is 1. The Morgan fingerprint density at radius 2 is 1.71 bits per heavy atom. The standard InChI is InChI=1S/C21H27NO2/c1-15(2)19(14-23)22-13-16-9-8-12-18(20(16)24)21(3,4)17-10-6-5-7-11-17/h5-13,15,19,23-24H,14H2,1-4H3/t19-/m1/s1. The number of aromatic hydroxyl groups is 1. The number of aliphatic hydroxyl groups is 1. The van der Waals surface area contributed by atoms with Crippen molar-refractivity contribution in [2.24, 2.45) is 10.9 Å². The van der Waals surface area contributed by atoms with E-state index in [-0.39, 0.29) is 29.7 Å². The highest BCUT2D eigenvalue weighted by Gasteiger charge is 2.26. The molecule has 3 nitrogen and oxygen atoms in total. The molecule has 24 heavy (non-hydrogen) atoms. The maximum absolute atomic E-state index is 10.8. The summed E-state index contributed by atoms with van der Waals surface area (Å²) in [6, 6.07) is 15.7. The molecular formula is C21H27NO2. The van der Waals surface area contributed by atoms with Crippen LogP contribution < -0.4 is 0 Å². The molecule has 0 aliphatic carbocycles. The zero-order valence-electron chi connectivity index (χ0n) is 14.9. The van der Waals surface area contributed by atoms with Gasteiger partial charge >= 0.3 is 0 Å². The normalized spacial score (nSPS) is 13.6. The first kappa shape index (κ1) is 18.2. The van der Waals surface area contributed by atoms with E-state index in [1.54, 1.807) is 6.21 Å². The summed E-state index contributed by atoms with van der Waals surface area (Å²) in [5, 5.41) is 20.2. The predicted octanol–water partition coefficient (Wildman–Crippen LogP) is 4.15. The van der Waals surface area contributed by atoms with E-state index in [0.717, 1.165) is 11.1 Å². The molecular weight excluding hydrogens is 298 g/mol. The lowest BCUT2D eigenvalue weighted by molar-refractivity contribution is 0.240. The summed E-state index contributed by atoms with van der Waals surface area (Å²) in [6.07, 6.45) is 1.67. The first-order chi connectivity index (χ1) is 11.4. The minimum atomic E-state index is -0.316. The average Bonchev–Trinajstić information content (AvgIpc) is 2.57. The molecule has 3 heteroatoms. The zero-order chi connectivity index (χ0) is 17.7. The summed E-state index contributed by atoms with van der Waals surface area (Å²) in [4.78, 5) is 4.43. The number of hydrogen-bond acceptors (Lipinski definition) is 3. The molecule has 0 spiro atoms. The number of hydrogen-bond donors (Lipinski definition) is 2. The van der Waals surface area contributed by atoms with Crippen LogP contribution >= 0.6 is 0 Å². The maximum atomic E-state index is 10.8. The Labute approximate surface area is 144 Å². The molecule has 0 fully saturated rings. The Hall–Kier alpha value is -2.13. The van der Waals surface area contributed by atoms with E-state index < -0.39 is 0 Å². The van der Waals surface area contributed by atoms with Crippen molar-refractivity contribution in [1.82, 2.24) is 0 Å². The quantitative estimate of drug-likeness (QED) is 0.784. The number of para-hydroxylation sites is 1. The molecule has 0 radical (unpaired) electrons. The number of aliphatic imine (C=N–C) groups is 1. The van der Waals surface area contributed by atoms with Crippen molar-refractivity contribution in [2.45, 2.75) is 39.2 Å². The Morgan fingerprint density at radius 3 is 2.29 bits per heavy atom. The van der Waals surface area contributed by atoms with Crippen molar-refractivity contribution in [2.75, 3.05) is 6.61 Å². The molecule has 2 aromatic carbocycles. The average molecular weight is 325 g/mol. The van der Waals surface area contributed by atoms with Gasteiger partial charge in [-0.2, -0.15) is 0 Å². The first-order valence-electron chi connectivity index (χ1n) is 8.40. The smallest absolute Gasteiger partial charge is 0.128 e. The van der Waals surface area contributed by atoms with Crippen molar-refractivity contribution in [3.63, 3.8) is 0 Å². The van der Waals surface area contributed by atoms with Crippen LogP contribution in [0.1, 0.15) is 44.4 Å². The van der Waals surface area contributed by atoms with E-state index in [0.29, 0.717) is 5.56 Å². The predicted molar refractivity (Wildman–Crippen MR) is 100.0 cm³/mol. The lowest BCUT2D eigenvalue weighted by atomic mass is 9.77. The zero-order valence-corrected chi connectivity index (χ0v) is 14.9. The second-order valence-electron chi connectivity index (χ2n) is 7.01. The lowest BCUT2D eigenvalue weighted by Crippen LogP contribution is -2.20. The summed E-state index contributed by atoms with van der Waals surface area (Å²) in [5.41, 5.74) is 2.37. The fraction of sp³-hybridized carbons (Fsp3) is 0.381. The van der Waals surface area contributed by atoms with Crippen LogP contribution in [0, 0.1) is 5.92 Å². The van der Waals surface area contributed by atoms with E-state index in [4.69, 9.17) is 0 Å². The number of phenolic OH excluding ortho intramolecular Hbond substituents is 1. The minimum Gasteiger partial charge on any atom is -0.507 e. The summed E-state index contributed by atoms with van der Waals surface area (Å²) in [7, 11) is 0. The fourth-order valence-corrected chi connectivity index (χ4v) is 2.79. The number of aliphatic hydroxyl groups excluding tert-OH is 1. The van der Waals surface area contributed by atoms with Crippen molar-refractivity contribution in [3.8, 4) is 5.75 Å². The third-order valence-corrected chi connectivity index (χ3v) is 4.60. The molecule has 2 N–H and O–H groups in total. The minimum absolute atomic E-state index is 0.00409. The summed E-state index contributed by atoms with van der Waals surface area (Å²) in [6.45, 7) is 8.25. The Morgan fingerprint density at radius 1 is 1.04 bits per heavy atom. The summed E-state index contributed by atoms with van der Waals surface area (Å²) < 4.78 is 0. The SMILES string of the molecule is CC(C)[C@@H](CO)N=Cc1cccc(C(C)(C)c2ccccc2)c1O. The first-order valence-corrected chi connectivity index (χ1v) is 8.40. The molecule has 0 aromatic heterocycles. The van der Waals surface area contributed by atoms with Gasteiger partial charge in [0, 0.05) is 22.8 Å². The van der Waals surface area contributed by atoms with Gasteiger partial charge in [-0.3, -0.25) is 4.99 Å². The van der Waals surface area contributed by atoms with Crippen molar-refractivity contribution in [3.05, 3.63) is 65.2 Å². The van der Waals surface area contributed by atoms with Gasteiger partial charge in [0.25, 0.3) is 0 Å². The third kappa shape index (κ3) is 3.85. The topological polar surface area (TPSA) is 52.8 Å². The molecule has 0 aliphatic rings. The Bertz CT molecular complexity index is 690. The second-order valence-corrected chi connectivity index (χ2v) is 7.01. The molecule has 0 bridgehead atoms. The van der Waals surface area contributed by atoms with Gasteiger partial charge in [-0.25, -0.2) is 0 Å². The molecule has 0 heterocycles. The molecule has 2 aromatic rings. The van der Waals surface area contributed by atoms with Crippen molar-refractivity contribution in [1.29, 1.82) is 0 Å². The third-order valence-electron chi connectivity index (χ3n) is 4.60. The van der Waals surface area contributed by atoms with Crippen LogP contribution in [0.5, 0.6) is 5.75 Å². The highest BCUT2D eigenvalue weighted by Crippen LogP contribution is 2.37. The van der Waals surface area contributed by atoms with Crippen LogP contribution in [0.15, 0.2) is 53.5 Å². The van der Waals surface area contributed by atoms with E-state index >= 15 is 0 Å². The van der Waals surface area contributed by atoms with Crippen LogP contribution in [0.25, 0.3) is 0 Å². The monoisotopic (exact) mass is 325 g/mol. The lowest BCUT2D eigenvalue weighted by Gasteiger charge is -2.27. The van der Waals surface area contributed by atoms with Crippen molar-refractivity contribution < 1.29 is 10.2 Å². The summed E-state index contributed by atoms with van der Waals surface area (Å²) in [5.74, 6) is 0.493. The van der Waals surface area contributed by atoms with E-state index in [2.05, 4.69) is 31.0 Å².